The van der Waals surface area contributed by atoms with E-state index in [1.54, 1.807) is 13.0 Å². The predicted octanol–water partition coefficient (Wildman–Crippen LogP) is 3.45. The summed E-state index contributed by atoms with van der Waals surface area (Å²) in [6, 6.07) is 3.50. The minimum absolute atomic E-state index is 0.206. The van der Waals surface area contributed by atoms with Gasteiger partial charge < -0.3 is 19.7 Å². The van der Waals surface area contributed by atoms with Gasteiger partial charge in [0.25, 0.3) is 0 Å². The first kappa shape index (κ1) is 17.3. The van der Waals surface area contributed by atoms with Crippen molar-refractivity contribution in [3.63, 3.8) is 0 Å². The predicted molar refractivity (Wildman–Crippen MR) is 91.9 cm³/mol. The molecule has 0 unspecified atom stereocenters. The van der Waals surface area contributed by atoms with E-state index in [0.717, 1.165) is 41.4 Å². The minimum atomic E-state index is -0.324. The molecule has 0 aliphatic carbocycles. The molecule has 1 aromatic carbocycles. The molecule has 0 amide bonds. The number of phenolic OH excluding ortho intramolecular Hbond substituents is 1. The van der Waals surface area contributed by atoms with Crippen molar-refractivity contribution >= 4 is 16.9 Å². The van der Waals surface area contributed by atoms with E-state index >= 15 is 0 Å². The first-order valence-corrected chi connectivity index (χ1v) is 8.16. The summed E-state index contributed by atoms with van der Waals surface area (Å²) in [6.07, 6.45) is 2.84. The molecule has 0 spiro atoms. The van der Waals surface area contributed by atoms with Crippen molar-refractivity contribution in [2.45, 2.75) is 39.7 Å². The molecule has 2 rings (SSSR count). The zero-order chi connectivity index (χ0) is 17.0. The molecule has 0 saturated heterocycles. The Balaban J connectivity index is 2.67. The number of benzene rings is 1. The topological polar surface area (TPSA) is 65.6 Å². The van der Waals surface area contributed by atoms with Gasteiger partial charge in [-0.15, -0.1) is 0 Å². The smallest absolute Gasteiger partial charge is 0.340 e. The van der Waals surface area contributed by atoms with Crippen LogP contribution in [0, 0.1) is 0 Å². The molecule has 23 heavy (non-hydrogen) atoms. The largest absolute Gasteiger partial charge is 0.508 e. The number of aromatic hydroxyl groups is 1. The van der Waals surface area contributed by atoms with Crippen molar-refractivity contribution in [1.29, 1.82) is 0 Å². The number of aromatic amines is 1. The second-order valence-electron chi connectivity index (χ2n) is 6.03. The van der Waals surface area contributed by atoms with Crippen molar-refractivity contribution in [3.8, 4) is 5.75 Å². The molecular weight excluding hydrogens is 292 g/mol. The summed E-state index contributed by atoms with van der Waals surface area (Å²) in [5.74, 6) is -0.117. The monoisotopic (exact) mass is 318 g/mol. The van der Waals surface area contributed by atoms with E-state index in [1.165, 1.54) is 0 Å². The Hall–Kier alpha value is -2.01. The maximum Gasteiger partial charge on any atom is 0.340 e. The molecule has 0 atom stereocenters. The maximum atomic E-state index is 12.5. The van der Waals surface area contributed by atoms with Crippen LogP contribution in [0.4, 0.5) is 0 Å². The molecular formula is C18H26N2O3. The lowest BCUT2D eigenvalue weighted by Gasteiger charge is -2.13. The van der Waals surface area contributed by atoms with Crippen LogP contribution in [0.25, 0.3) is 10.9 Å². The summed E-state index contributed by atoms with van der Waals surface area (Å²) in [4.78, 5) is 17.8. The zero-order valence-corrected chi connectivity index (χ0v) is 14.4. The van der Waals surface area contributed by atoms with Gasteiger partial charge in [0.2, 0.25) is 0 Å². The zero-order valence-electron chi connectivity index (χ0n) is 14.4. The fourth-order valence-corrected chi connectivity index (χ4v) is 2.85. The summed E-state index contributed by atoms with van der Waals surface area (Å²) in [7, 11) is 3.87. The van der Waals surface area contributed by atoms with Gasteiger partial charge in [-0.2, -0.15) is 0 Å². The van der Waals surface area contributed by atoms with E-state index in [-0.39, 0.29) is 11.7 Å². The Kier molecular flexibility index (Phi) is 5.66. The molecule has 1 heterocycles. The highest BCUT2D eigenvalue weighted by molar-refractivity contribution is 6.07. The minimum Gasteiger partial charge on any atom is -0.508 e. The van der Waals surface area contributed by atoms with E-state index in [4.69, 9.17) is 4.74 Å². The number of rotatable bonds is 7. The van der Waals surface area contributed by atoms with E-state index < -0.39 is 0 Å². The van der Waals surface area contributed by atoms with Gasteiger partial charge >= 0.3 is 5.97 Å². The van der Waals surface area contributed by atoms with Gasteiger partial charge in [-0.1, -0.05) is 13.3 Å². The molecule has 126 valence electrons. The van der Waals surface area contributed by atoms with Crippen molar-refractivity contribution in [3.05, 3.63) is 29.0 Å². The number of carbonyl (C=O) groups is 1. The average molecular weight is 318 g/mol. The van der Waals surface area contributed by atoms with Crippen molar-refractivity contribution in [2.24, 2.45) is 0 Å². The summed E-state index contributed by atoms with van der Waals surface area (Å²) in [6.45, 7) is 4.81. The molecule has 2 aromatic rings. The number of aryl methyl sites for hydroxylation is 1. The Morgan fingerprint density at radius 1 is 1.30 bits per heavy atom. The Morgan fingerprint density at radius 3 is 2.65 bits per heavy atom. The lowest BCUT2D eigenvalue weighted by molar-refractivity contribution is 0.0527. The van der Waals surface area contributed by atoms with Crippen LogP contribution in [-0.4, -0.2) is 41.7 Å². The van der Waals surface area contributed by atoms with Crippen LogP contribution >= 0.6 is 0 Å². The van der Waals surface area contributed by atoms with Crippen LogP contribution in [0.15, 0.2) is 12.1 Å². The van der Waals surface area contributed by atoms with Gasteiger partial charge in [0, 0.05) is 28.7 Å². The number of esters is 1. The van der Waals surface area contributed by atoms with Crippen LogP contribution in [0.5, 0.6) is 5.75 Å². The fraction of sp³-hybridized carbons (Fsp3) is 0.500. The van der Waals surface area contributed by atoms with E-state index in [2.05, 4.69) is 11.9 Å². The van der Waals surface area contributed by atoms with Crippen LogP contribution in [0.2, 0.25) is 0 Å². The van der Waals surface area contributed by atoms with Crippen LogP contribution in [0.1, 0.15) is 48.3 Å². The molecule has 0 aliphatic rings. The standard InChI is InChI=1S/C18H26N2O3/c1-5-7-8-13-17(18(22)23-6-2)16-12(11-20(3)4)15(21)10-9-14(16)19-13/h9-10,19,21H,5-8,11H2,1-4H3. The van der Waals surface area contributed by atoms with E-state index in [9.17, 15) is 9.90 Å². The molecule has 0 bridgehead atoms. The number of ether oxygens (including phenoxy) is 1. The van der Waals surface area contributed by atoms with E-state index in [0.29, 0.717) is 18.7 Å². The fourth-order valence-electron chi connectivity index (χ4n) is 2.85. The molecule has 0 radical (unpaired) electrons. The molecule has 0 saturated carbocycles. The number of aromatic nitrogens is 1. The van der Waals surface area contributed by atoms with Gasteiger partial charge in [-0.05, 0) is 46.0 Å². The summed E-state index contributed by atoms with van der Waals surface area (Å²) < 4.78 is 5.26. The van der Waals surface area contributed by atoms with Crippen molar-refractivity contribution < 1.29 is 14.6 Å². The number of nitrogens with one attached hydrogen (secondary N) is 1. The molecule has 0 aliphatic heterocycles. The highest BCUT2D eigenvalue weighted by atomic mass is 16.5. The summed E-state index contributed by atoms with van der Waals surface area (Å²) in [5.41, 5.74) is 3.09. The Bertz CT molecular complexity index is 689. The maximum absolute atomic E-state index is 12.5. The highest BCUT2D eigenvalue weighted by Crippen LogP contribution is 2.33. The average Bonchev–Trinajstić information content (AvgIpc) is 2.86. The number of nitrogens with zero attached hydrogens (tertiary/aromatic N) is 1. The highest BCUT2D eigenvalue weighted by Gasteiger charge is 2.23. The molecule has 1 aromatic heterocycles. The van der Waals surface area contributed by atoms with Crippen LogP contribution < -0.4 is 0 Å². The Labute approximate surface area is 137 Å². The number of H-pyrrole nitrogens is 1. The number of hydrogen-bond donors (Lipinski definition) is 2. The summed E-state index contributed by atoms with van der Waals surface area (Å²) in [5, 5.41) is 11.1. The molecule has 5 heteroatoms. The number of hydrogen-bond acceptors (Lipinski definition) is 4. The van der Waals surface area contributed by atoms with Crippen molar-refractivity contribution in [2.75, 3.05) is 20.7 Å². The first-order valence-electron chi connectivity index (χ1n) is 8.16. The molecule has 5 nitrogen and oxygen atoms in total. The Morgan fingerprint density at radius 2 is 2.04 bits per heavy atom. The third-order valence-electron chi connectivity index (χ3n) is 3.86. The van der Waals surface area contributed by atoms with Crippen LogP contribution in [0.3, 0.4) is 0 Å². The third-order valence-corrected chi connectivity index (χ3v) is 3.86. The second kappa shape index (κ2) is 7.51. The third kappa shape index (κ3) is 3.67. The normalized spacial score (nSPS) is 11.3. The lowest BCUT2D eigenvalue weighted by Crippen LogP contribution is -2.13. The van der Waals surface area contributed by atoms with E-state index in [1.807, 2.05) is 25.1 Å². The first-order chi connectivity index (χ1) is 11.0. The number of carbonyl (C=O) groups excluding carboxylic acids is 1. The van der Waals surface area contributed by atoms with Crippen LogP contribution in [-0.2, 0) is 17.7 Å². The van der Waals surface area contributed by atoms with Crippen molar-refractivity contribution in [1.82, 2.24) is 9.88 Å². The van der Waals surface area contributed by atoms with Gasteiger partial charge in [0.1, 0.15) is 5.75 Å². The quantitative estimate of drug-likeness (QED) is 0.767. The van der Waals surface area contributed by atoms with Gasteiger partial charge in [0.05, 0.1) is 12.2 Å². The number of unbranched alkanes of at least 4 members (excludes halogenated alkanes) is 1. The SMILES string of the molecule is CCCCc1[nH]c2ccc(O)c(CN(C)C)c2c1C(=O)OCC. The van der Waals surface area contributed by atoms with Gasteiger partial charge in [-0.25, -0.2) is 4.79 Å². The molecule has 2 N–H and O–H groups in total. The summed E-state index contributed by atoms with van der Waals surface area (Å²) >= 11 is 0. The number of phenols is 1. The van der Waals surface area contributed by atoms with Gasteiger partial charge in [-0.3, -0.25) is 0 Å². The van der Waals surface area contributed by atoms with Gasteiger partial charge in [0.15, 0.2) is 0 Å². The second-order valence-corrected chi connectivity index (χ2v) is 6.03. The lowest BCUT2D eigenvalue weighted by atomic mass is 10.0. The number of fused-ring (bicyclic) bond motifs is 1. The molecule has 0 fully saturated rings.